The minimum absolute atomic E-state index is 0.189. The SMILES string of the molecule is CC(N(C)S(=O)(=O)c1cccc(F)c1N)C(C)(C)C. The molecule has 1 rings (SSSR count). The molecule has 0 amide bonds. The molecule has 0 bridgehead atoms. The topological polar surface area (TPSA) is 63.4 Å². The summed E-state index contributed by atoms with van der Waals surface area (Å²) in [5.41, 5.74) is 4.97. The maximum absolute atomic E-state index is 13.4. The average Bonchev–Trinajstić information content (AvgIpc) is 2.29. The van der Waals surface area contributed by atoms with Gasteiger partial charge in [-0.05, 0) is 24.5 Å². The first kappa shape index (κ1) is 15.9. The molecule has 0 aliphatic rings. The van der Waals surface area contributed by atoms with Gasteiger partial charge in [-0.25, -0.2) is 12.8 Å². The fourth-order valence-corrected chi connectivity index (χ4v) is 3.32. The predicted octanol–water partition coefficient (Wildman–Crippen LogP) is 2.46. The van der Waals surface area contributed by atoms with Gasteiger partial charge in [-0.2, -0.15) is 4.31 Å². The first-order valence-corrected chi connectivity index (χ1v) is 7.45. The van der Waals surface area contributed by atoms with E-state index >= 15 is 0 Å². The van der Waals surface area contributed by atoms with E-state index in [1.165, 1.54) is 23.5 Å². The van der Waals surface area contributed by atoms with Crippen LogP contribution < -0.4 is 5.73 Å². The largest absolute Gasteiger partial charge is 0.395 e. The van der Waals surface area contributed by atoms with Crippen LogP contribution in [0, 0.1) is 11.2 Å². The van der Waals surface area contributed by atoms with Gasteiger partial charge in [0.1, 0.15) is 10.7 Å². The number of hydrogen-bond donors (Lipinski definition) is 1. The third-order valence-electron chi connectivity index (χ3n) is 3.47. The normalized spacial score (nSPS) is 14.7. The summed E-state index contributed by atoms with van der Waals surface area (Å²) >= 11 is 0. The van der Waals surface area contributed by atoms with Crippen molar-refractivity contribution < 1.29 is 12.8 Å². The van der Waals surface area contributed by atoms with Crippen LogP contribution in [0.4, 0.5) is 10.1 Å². The number of anilines is 1. The van der Waals surface area contributed by atoms with E-state index in [2.05, 4.69) is 0 Å². The monoisotopic (exact) mass is 288 g/mol. The van der Waals surface area contributed by atoms with E-state index < -0.39 is 15.8 Å². The highest BCUT2D eigenvalue weighted by molar-refractivity contribution is 7.89. The zero-order valence-corrected chi connectivity index (χ0v) is 12.8. The van der Waals surface area contributed by atoms with Crippen molar-refractivity contribution in [2.24, 2.45) is 5.41 Å². The smallest absolute Gasteiger partial charge is 0.245 e. The first-order valence-electron chi connectivity index (χ1n) is 6.01. The van der Waals surface area contributed by atoms with Crippen molar-refractivity contribution in [3.8, 4) is 0 Å². The van der Waals surface area contributed by atoms with Gasteiger partial charge < -0.3 is 5.73 Å². The summed E-state index contributed by atoms with van der Waals surface area (Å²) in [6, 6.07) is 3.55. The minimum atomic E-state index is -3.81. The van der Waals surface area contributed by atoms with Crippen molar-refractivity contribution in [3.63, 3.8) is 0 Å². The van der Waals surface area contributed by atoms with Crippen LogP contribution in [-0.2, 0) is 10.0 Å². The lowest BCUT2D eigenvalue weighted by molar-refractivity contribution is 0.216. The molecule has 1 atom stereocenters. The number of sulfonamides is 1. The molecule has 0 radical (unpaired) electrons. The van der Waals surface area contributed by atoms with Crippen LogP contribution in [0.2, 0.25) is 0 Å². The minimum Gasteiger partial charge on any atom is -0.395 e. The summed E-state index contributed by atoms with van der Waals surface area (Å²) in [5, 5.41) is 0. The van der Waals surface area contributed by atoms with E-state index in [0.29, 0.717) is 0 Å². The Morgan fingerprint density at radius 3 is 2.32 bits per heavy atom. The molecule has 1 aromatic rings. The Morgan fingerprint density at radius 2 is 1.84 bits per heavy atom. The van der Waals surface area contributed by atoms with Crippen LogP contribution in [0.1, 0.15) is 27.7 Å². The van der Waals surface area contributed by atoms with Crippen LogP contribution in [-0.4, -0.2) is 25.8 Å². The van der Waals surface area contributed by atoms with Crippen LogP contribution in [0.15, 0.2) is 23.1 Å². The van der Waals surface area contributed by atoms with Gasteiger partial charge in [0.15, 0.2) is 0 Å². The summed E-state index contributed by atoms with van der Waals surface area (Å²) < 4.78 is 39.6. The number of hydrogen-bond acceptors (Lipinski definition) is 3. The summed E-state index contributed by atoms with van der Waals surface area (Å²) in [6.45, 7) is 7.64. The molecule has 6 heteroatoms. The van der Waals surface area contributed by atoms with E-state index in [9.17, 15) is 12.8 Å². The Labute approximate surface area is 114 Å². The molecule has 0 heterocycles. The highest BCUT2D eigenvalue weighted by atomic mass is 32.2. The Bertz CT molecular complexity index is 564. The molecule has 0 aromatic heterocycles. The molecular weight excluding hydrogens is 267 g/mol. The number of nitrogens with zero attached hydrogens (tertiary/aromatic N) is 1. The number of nitrogen functional groups attached to an aromatic ring is 1. The Kier molecular flexibility index (Phi) is 4.27. The molecule has 4 nitrogen and oxygen atoms in total. The maximum Gasteiger partial charge on any atom is 0.245 e. The standard InChI is InChI=1S/C13H21FN2O2S/c1-9(13(2,3)4)16(5)19(17,18)11-8-6-7-10(14)12(11)15/h6-9H,15H2,1-5H3. The van der Waals surface area contributed by atoms with Gasteiger partial charge >= 0.3 is 0 Å². The highest BCUT2D eigenvalue weighted by Gasteiger charge is 2.33. The number of halogens is 1. The highest BCUT2D eigenvalue weighted by Crippen LogP contribution is 2.30. The molecule has 0 saturated carbocycles. The van der Waals surface area contributed by atoms with Gasteiger partial charge in [0.25, 0.3) is 0 Å². The second-order valence-corrected chi connectivity index (χ2v) is 7.68. The summed E-state index contributed by atoms with van der Waals surface area (Å²) in [5.74, 6) is -0.724. The van der Waals surface area contributed by atoms with Crippen LogP contribution in [0.5, 0.6) is 0 Å². The van der Waals surface area contributed by atoms with Crippen molar-refractivity contribution in [3.05, 3.63) is 24.0 Å². The molecule has 2 N–H and O–H groups in total. The van der Waals surface area contributed by atoms with E-state index in [0.717, 1.165) is 6.07 Å². The Hall–Kier alpha value is -1.14. The average molecular weight is 288 g/mol. The van der Waals surface area contributed by atoms with Crippen LogP contribution >= 0.6 is 0 Å². The molecule has 19 heavy (non-hydrogen) atoms. The predicted molar refractivity (Wildman–Crippen MR) is 74.7 cm³/mol. The number of nitrogens with two attached hydrogens (primary N) is 1. The zero-order chi connectivity index (χ0) is 15.0. The van der Waals surface area contributed by atoms with Gasteiger partial charge in [-0.1, -0.05) is 26.8 Å². The zero-order valence-electron chi connectivity index (χ0n) is 11.9. The van der Waals surface area contributed by atoms with Crippen molar-refractivity contribution in [2.75, 3.05) is 12.8 Å². The Morgan fingerprint density at radius 1 is 1.32 bits per heavy atom. The van der Waals surface area contributed by atoms with Crippen molar-refractivity contribution in [2.45, 2.75) is 38.6 Å². The maximum atomic E-state index is 13.4. The van der Waals surface area contributed by atoms with Crippen molar-refractivity contribution in [1.82, 2.24) is 4.31 Å². The van der Waals surface area contributed by atoms with E-state index in [4.69, 9.17) is 5.73 Å². The van der Waals surface area contributed by atoms with Crippen molar-refractivity contribution in [1.29, 1.82) is 0 Å². The summed E-state index contributed by atoms with van der Waals surface area (Å²) in [4.78, 5) is -0.189. The van der Waals surface area contributed by atoms with E-state index in [1.807, 2.05) is 27.7 Å². The third kappa shape index (κ3) is 3.06. The summed E-state index contributed by atoms with van der Waals surface area (Å²) in [7, 11) is -2.32. The quantitative estimate of drug-likeness (QED) is 0.869. The number of para-hydroxylation sites is 1. The molecule has 0 fully saturated rings. The van der Waals surface area contributed by atoms with E-state index in [1.54, 1.807) is 0 Å². The number of rotatable bonds is 3. The molecule has 0 aliphatic heterocycles. The van der Waals surface area contributed by atoms with Gasteiger partial charge in [-0.15, -0.1) is 0 Å². The lowest BCUT2D eigenvalue weighted by atomic mass is 9.88. The molecule has 0 saturated heterocycles. The van der Waals surface area contributed by atoms with Crippen LogP contribution in [0.3, 0.4) is 0 Å². The van der Waals surface area contributed by atoms with E-state index in [-0.39, 0.29) is 22.0 Å². The molecule has 0 aliphatic carbocycles. The lowest BCUT2D eigenvalue weighted by Gasteiger charge is -2.34. The third-order valence-corrected chi connectivity index (χ3v) is 5.45. The van der Waals surface area contributed by atoms with Gasteiger partial charge in [0.2, 0.25) is 10.0 Å². The number of benzene rings is 1. The second-order valence-electron chi connectivity index (χ2n) is 5.71. The summed E-state index contributed by atoms with van der Waals surface area (Å²) in [6.07, 6.45) is 0. The molecule has 1 unspecified atom stereocenters. The van der Waals surface area contributed by atoms with Crippen molar-refractivity contribution >= 4 is 15.7 Å². The molecule has 1 aromatic carbocycles. The second kappa shape index (κ2) is 5.09. The van der Waals surface area contributed by atoms with Gasteiger partial charge in [0, 0.05) is 13.1 Å². The molecule has 108 valence electrons. The lowest BCUT2D eigenvalue weighted by Crippen LogP contribution is -2.43. The fourth-order valence-electron chi connectivity index (χ4n) is 1.65. The molecular formula is C13H21FN2O2S. The van der Waals surface area contributed by atoms with Crippen LogP contribution in [0.25, 0.3) is 0 Å². The molecule has 0 spiro atoms. The van der Waals surface area contributed by atoms with Gasteiger partial charge in [0.05, 0.1) is 5.69 Å². The first-order chi connectivity index (χ1) is 8.49. The Balaban J connectivity index is 3.29. The van der Waals surface area contributed by atoms with Gasteiger partial charge in [-0.3, -0.25) is 0 Å². The fraction of sp³-hybridized carbons (Fsp3) is 0.538.